The lowest BCUT2D eigenvalue weighted by molar-refractivity contribution is -0.126. The Hall–Kier alpha value is -3.54. The van der Waals surface area contributed by atoms with Gasteiger partial charge in [0, 0.05) is 10.9 Å². The number of anilines is 1. The molecule has 0 bridgehead atoms. The van der Waals surface area contributed by atoms with E-state index in [1.165, 1.54) is 29.2 Å². The predicted octanol–water partition coefficient (Wildman–Crippen LogP) is 3.27. The third kappa shape index (κ3) is 2.26. The average Bonchev–Trinajstić information content (AvgIpc) is 3.23. The number of carbonyl (C=O) groups is 2. The zero-order valence-electron chi connectivity index (χ0n) is 14.0. The van der Waals surface area contributed by atoms with Crippen LogP contribution in [0.25, 0.3) is 10.8 Å². The summed E-state index contributed by atoms with van der Waals surface area (Å²) >= 11 is 0. The second-order valence-corrected chi connectivity index (χ2v) is 6.50. The van der Waals surface area contributed by atoms with Gasteiger partial charge in [-0.2, -0.15) is 0 Å². The molecule has 2 atom stereocenters. The van der Waals surface area contributed by atoms with Gasteiger partial charge in [0.25, 0.3) is 5.91 Å². The van der Waals surface area contributed by atoms with Gasteiger partial charge in [-0.15, -0.1) is 0 Å². The van der Waals surface area contributed by atoms with Crippen LogP contribution >= 0.6 is 0 Å². The van der Waals surface area contributed by atoms with Crippen molar-refractivity contribution in [1.82, 2.24) is 0 Å². The van der Waals surface area contributed by atoms with Crippen molar-refractivity contribution in [3.8, 4) is 0 Å². The van der Waals surface area contributed by atoms with E-state index in [1.807, 2.05) is 36.4 Å². The first-order valence-corrected chi connectivity index (χ1v) is 8.50. The number of carbonyl (C=O) groups excluding carboxylic acids is 2. The molecule has 132 valence electrons. The van der Waals surface area contributed by atoms with Crippen molar-refractivity contribution >= 4 is 34.0 Å². The fourth-order valence-electron chi connectivity index (χ4n) is 3.68. The Morgan fingerprint density at radius 1 is 0.889 bits per heavy atom. The number of halogens is 1. The van der Waals surface area contributed by atoms with E-state index < -0.39 is 17.9 Å². The van der Waals surface area contributed by atoms with E-state index in [9.17, 15) is 14.0 Å². The molecule has 5 nitrogen and oxygen atoms in total. The molecule has 3 aromatic carbocycles. The summed E-state index contributed by atoms with van der Waals surface area (Å²) in [5, 5.41) is 5.68. The monoisotopic (exact) mass is 360 g/mol. The second kappa shape index (κ2) is 5.74. The molecule has 1 fully saturated rings. The van der Waals surface area contributed by atoms with Crippen LogP contribution in [0.3, 0.4) is 0 Å². The minimum absolute atomic E-state index is 0.348. The van der Waals surface area contributed by atoms with Gasteiger partial charge in [-0.1, -0.05) is 53.7 Å². The van der Waals surface area contributed by atoms with Crippen LogP contribution in [-0.4, -0.2) is 23.6 Å². The smallest absolute Gasteiger partial charge is 0.278 e. The molecule has 0 unspecified atom stereocenters. The Balaban J connectivity index is 1.58. The Labute approximate surface area is 153 Å². The summed E-state index contributed by atoms with van der Waals surface area (Å²) in [5.41, 5.74) is 1.44. The van der Waals surface area contributed by atoms with Gasteiger partial charge < -0.3 is 4.84 Å². The number of fused-ring (bicyclic) bond motifs is 2. The molecule has 2 heterocycles. The summed E-state index contributed by atoms with van der Waals surface area (Å²) in [6.07, 6.45) is -0.989. The third-order valence-electron chi connectivity index (χ3n) is 4.96. The molecule has 1 saturated heterocycles. The van der Waals surface area contributed by atoms with Crippen molar-refractivity contribution in [1.29, 1.82) is 0 Å². The number of hydrogen-bond donors (Lipinski definition) is 0. The van der Waals surface area contributed by atoms with E-state index in [2.05, 4.69) is 5.16 Å². The largest absolute Gasteiger partial charge is 0.381 e. The quantitative estimate of drug-likeness (QED) is 0.659. The van der Waals surface area contributed by atoms with Gasteiger partial charge in [-0.25, -0.2) is 9.29 Å². The lowest BCUT2D eigenvalue weighted by Crippen LogP contribution is -2.33. The van der Waals surface area contributed by atoms with E-state index >= 15 is 0 Å². The first kappa shape index (κ1) is 15.7. The maximum Gasteiger partial charge on any atom is 0.278 e. The highest BCUT2D eigenvalue weighted by Crippen LogP contribution is 2.37. The summed E-state index contributed by atoms with van der Waals surface area (Å²) in [7, 11) is 0. The van der Waals surface area contributed by atoms with Gasteiger partial charge in [0.2, 0.25) is 12.0 Å². The minimum Gasteiger partial charge on any atom is -0.381 e. The fraction of sp³-hybridized carbons (Fsp3) is 0.0952. The van der Waals surface area contributed by atoms with Crippen LogP contribution in [0.1, 0.15) is 5.56 Å². The van der Waals surface area contributed by atoms with Crippen LogP contribution in [0.4, 0.5) is 10.1 Å². The van der Waals surface area contributed by atoms with Crippen LogP contribution in [0.2, 0.25) is 0 Å². The molecule has 0 saturated carbocycles. The topological polar surface area (TPSA) is 59.0 Å². The average molecular weight is 360 g/mol. The fourth-order valence-corrected chi connectivity index (χ4v) is 3.68. The van der Waals surface area contributed by atoms with E-state index in [-0.39, 0.29) is 11.7 Å². The summed E-state index contributed by atoms with van der Waals surface area (Å²) in [6.45, 7) is 0. The predicted molar refractivity (Wildman–Crippen MR) is 97.7 cm³/mol. The molecule has 5 rings (SSSR count). The van der Waals surface area contributed by atoms with Gasteiger partial charge in [0.05, 0.1) is 5.69 Å². The Kier molecular flexibility index (Phi) is 3.33. The van der Waals surface area contributed by atoms with Crippen molar-refractivity contribution in [3.05, 3.63) is 78.1 Å². The number of benzene rings is 3. The first-order chi connectivity index (χ1) is 13.1. The summed E-state index contributed by atoms with van der Waals surface area (Å²) < 4.78 is 13.2. The Morgan fingerprint density at radius 2 is 1.63 bits per heavy atom. The lowest BCUT2D eigenvalue weighted by Gasteiger charge is -2.17. The van der Waals surface area contributed by atoms with Crippen molar-refractivity contribution in [3.63, 3.8) is 0 Å². The highest BCUT2D eigenvalue weighted by molar-refractivity contribution is 6.33. The van der Waals surface area contributed by atoms with Crippen LogP contribution < -0.4 is 4.90 Å². The molecule has 27 heavy (non-hydrogen) atoms. The van der Waals surface area contributed by atoms with E-state index in [0.29, 0.717) is 17.0 Å². The molecule has 2 aliphatic heterocycles. The van der Waals surface area contributed by atoms with Gasteiger partial charge in [-0.3, -0.25) is 9.59 Å². The van der Waals surface area contributed by atoms with Crippen molar-refractivity contribution in [2.24, 2.45) is 11.1 Å². The zero-order valence-corrected chi connectivity index (χ0v) is 14.0. The van der Waals surface area contributed by atoms with Crippen LogP contribution in [0.5, 0.6) is 0 Å². The molecule has 0 aromatic heterocycles. The van der Waals surface area contributed by atoms with Crippen molar-refractivity contribution < 1.29 is 18.8 Å². The van der Waals surface area contributed by atoms with Gasteiger partial charge in [0.15, 0.2) is 0 Å². The SMILES string of the molecule is O=C1[C@@H]2C(c3ccc(F)cc3)=NO[C@H]2C(=O)N1c1cccc2ccccc12. The normalized spacial score (nSPS) is 21.4. The standard InChI is InChI=1S/C21H13FN2O3/c22-14-10-8-13(9-11-14)18-17-19(27-23-18)21(26)24(20(17)25)16-7-3-5-12-4-1-2-6-15(12)16/h1-11,17,19H/t17-,19-/m1/s1. The summed E-state index contributed by atoms with van der Waals surface area (Å²) in [5.74, 6) is -2.05. The van der Waals surface area contributed by atoms with E-state index in [0.717, 1.165) is 10.8 Å². The second-order valence-electron chi connectivity index (χ2n) is 6.50. The number of imide groups is 1. The molecular weight excluding hydrogens is 347 g/mol. The number of nitrogens with zero attached hydrogens (tertiary/aromatic N) is 2. The summed E-state index contributed by atoms with van der Waals surface area (Å²) in [6, 6.07) is 18.7. The number of rotatable bonds is 2. The lowest BCUT2D eigenvalue weighted by atomic mass is 9.94. The number of oxime groups is 1. The third-order valence-corrected chi connectivity index (χ3v) is 4.96. The maximum atomic E-state index is 13.2. The molecule has 0 spiro atoms. The Bertz CT molecular complexity index is 1120. The van der Waals surface area contributed by atoms with Crippen molar-refractivity contribution in [2.75, 3.05) is 4.90 Å². The highest BCUT2D eigenvalue weighted by atomic mass is 19.1. The van der Waals surface area contributed by atoms with Crippen LogP contribution in [0.15, 0.2) is 71.9 Å². The van der Waals surface area contributed by atoms with Gasteiger partial charge in [-0.05, 0) is 23.6 Å². The number of hydrogen-bond acceptors (Lipinski definition) is 4. The molecule has 3 aromatic rings. The first-order valence-electron chi connectivity index (χ1n) is 8.50. The molecule has 0 radical (unpaired) electrons. The molecule has 0 N–H and O–H groups in total. The molecule has 2 amide bonds. The number of amides is 2. The van der Waals surface area contributed by atoms with E-state index in [1.54, 1.807) is 6.07 Å². The molecule has 0 aliphatic carbocycles. The molecule has 6 heteroatoms. The van der Waals surface area contributed by atoms with Crippen LogP contribution in [-0.2, 0) is 14.4 Å². The van der Waals surface area contributed by atoms with E-state index in [4.69, 9.17) is 4.84 Å². The zero-order chi connectivity index (χ0) is 18.5. The minimum atomic E-state index is -0.989. The maximum absolute atomic E-state index is 13.2. The van der Waals surface area contributed by atoms with Crippen LogP contribution in [0, 0.1) is 11.7 Å². The Morgan fingerprint density at radius 3 is 2.44 bits per heavy atom. The van der Waals surface area contributed by atoms with Gasteiger partial charge >= 0.3 is 0 Å². The highest BCUT2D eigenvalue weighted by Gasteiger charge is 2.56. The molecular formula is C21H13FN2O3. The molecule has 2 aliphatic rings. The summed E-state index contributed by atoms with van der Waals surface area (Å²) in [4.78, 5) is 32.6. The van der Waals surface area contributed by atoms with Crippen molar-refractivity contribution in [2.45, 2.75) is 6.10 Å². The van der Waals surface area contributed by atoms with Gasteiger partial charge in [0.1, 0.15) is 17.4 Å².